The van der Waals surface area contributed by atoms with Gasteiger partial charge in [0.2, 0.25) is 5.91 Å². The van der Waals surface area contributed by atoms with Crippen molar-refractivity contribution >= 4 is 5.91 Å². The quantitative estimate of drug-likeness (QED) is 0.850. The Morgan fingerprint density at radius 2 is 2.00 bits per heavy atom. The molecule has 1 aliphatic rings. The third-order valence-electron chi connectivity index (χ3n) is 4.37. The number of fused-ring (bicyclic) bond motifs is 1. The summed E-state index contributed by atoms with van der Waals surface area (Å²) in [6.45, 7) is 11.0. The molecule has 0 N–H and O–H groups in total. The molecular formula is C19H25N3O2. The monoisotopic (exact) mass is 327 g/mol. The van der Waals surface area contributed by atoms with Gasteiger partial charge in [0.15, 0.2) is 0 Å². The number of nitrogens with zero attached hydrogens (tertiary/aromatic N) is 3. The van der Waals surface area contributed by atoms with E-state index >= 15 is 0 Å². The van der Waals surface area contributed by atoms with Crippen molar-refractivity contribution < 1.29 is 9.53 Å². The number of carbonyl (C=O) groups is 1. The van der Waals surface area contributed by atoms with E-state index in [-0.39, 0.29) is 11.9 Å². The lowest BCUT2D eigenvalue weighted by Crippen LogP contribution is -2.45. The fourth-order valence-electron chi connectivity index (χ4n) is 3.35. The number of amides is 1. The summed E-state index contributed by atoms with van der Waals surface area (Å²) in [5, 5.41) is 4.47. The van der Waals surface area contributed by atoms with Crippen molar-refractivity contribution in [3.63, 3.8) is 0 Å². The first-order valence-electron chi connectivity index (χ1n) is 8.35. The standard InChI is InChI=1S/C19H25N3O2/c1-13-10-14(2)22(20-13)15(3)18(23)21-11-16-8-6-7-9-17(16)24-19(4,5)12-21/h6-10,15H,11-12H2,1-5H3. The van der Waals surface area contributed by atoms with Crippen molar-refractivity contribution in [3.05, 3.63) is 47.3 Å². The highest BCUT2D eigenvalue weighted by Crippen LogP contribution is 2.30. The molecule has 0 fully saturated rings. The molecule has 1 atom stereocenters. The van der Waals surface area contributed by atoms with E-state index in [4.69, 9.17) is 4.74 Å². The molecule has 2 aromatic rings. The molecule has 0 bridgehead atoms. The number of hydrogen-bond acceptors (Lipinski definition) is 3. The van der Waals surface area contributed by atoms with Crippen LogP contribution in [0.2, 0.25) is 0 Å². The van der Waals surface area contributed by atoms with Crippen molar-refractivity contribution in [2.45, 2.75) is 52.8 Å². The summed E-state index contributed by atoms with van der Waals surface area (Å²) >= 11 is 0. The predicted molar refractivity (Wildman–Crippen MR) is 93.0 cm³/mol. The van der Waals surface area contributed by atoms with Gasteiger partial charge in [0.05, 0.1) is 12.2 Å². The third kappa shape index (κ3) is 3.16. The van der Waals surface area contributed by atoms with E-state index in [2.05, 4.69) is 5.10 Å². The molecule has 0 saturated carbocycles. The fraction of sp³-hybridized carbons (Fsp3) is 0.474. The van der Waals surface area contributed by atoms with Crippen LogP contribution in [0, 0.1) is 13.8 Å². The minimum Gasteiger partial charge on any atom is -0.486 e. The van der Waals surface area contributed by atoms with Gasteiger partial charge in [-0.2, -0.15) is 5.10 Å². The topological polar surface area (TPSA) is 47.4 Å². The van der Waals surface area contributed by atoms with Gasteiger partial charge in [-0.3, -0.25) is 9.48 Å². The number of hydrogen-bond donors (Lipinski definition) is 0. The average Bonchev–Trinajstić information content (AvgIpc) is 2.77. The lowest BCUT2D eigenvalue weighted by Gasteiger charge is -2.31. The van der Waals surface area contributed by atoms with Crippen LogP contribution in [0.25, 0.3) is 0 Å². The zero-order chi connectivity index (χ0) is 17.5. The Labute approximate surface area is 143 Å². The number of rotatable bonds is 2. The van der Waals surface area contributed by atoms with Crippen LogP contribution < -0.4 is 4.74 Å². The molecule has 128 valence electrons. The number of carbonyl (C=O) groups excluding carboxylic acids is 1. The molecule has 0 aliphatic carbocycles. The Hall–Kier alpha value is -2.30. The third-order valence-corrected chi connectivity index (χ3v) is 4.37. The second kappa shape index (κ2) is 5.96. The van der Waals surface area contributed by atoms with Gasteiger partial charge in [-0.1, -0.05) is 18.2 Å². The first-order valence-corrected chi connectivity index (χ1v) is 8.35. The molecule has 1 aliphatic heterocycles. The van der Waals surface area contributed by atoms with E-state index in [0.29, 0.717) is 13.1 Å². The molecule has 1 aromatic heterocycles. The molecule has 3 rings (SSSR count). The molecule has 1 aromatic carbocycles. The Balaban J connectivity index is 1.90. The van der Waals surface area contributed by atoms with Crippen LogP contribution in [-0.4, -0.2) is 32.7 Å². The maximum Gasteiger partial charge on any atom is 0.247 e. The normalized spacial score (nSPS) is 17.6. The minimum atomic E-state index is -0.433. The number of ether oxygens (including phenoxy) is 1. The Morgan fingerprint density at radius 3 is 2.67 bits per heavy atom. The summed E-state index contributed by atoms with van der Waals surface area (Å²) in [5.41, 5.74) is 2.53. The van der Waals surface area contributed by atoms with E-state index in [1.807, 2.05) is 74.5 Å². The first kappa shape index (κ1) is 16.6. The Morgan fingerprint density at radius 1 is 1.29 bits per heavy atom. The summed E-state index contributed by atoms with van der Waals surface area (Å²) in [5.74, 6) is 0.922. The van der Waals surface area contributed by atoms with Crippen LogP contribution in [0.3, 0.4) is 0 Å². The van der Waals surface area contributed by atoms with Crippen molar-refractivity contribution in [2.24, 2.45) is 0 Å². The first-order chi connectivity index (χ1) is 11.3. The van der Waals surface area contributed by atoms with Crippen LogP contribution in [0.15, 0.2) is 30.3 Å². The molecule has 24 heavy (non-hydrogen) atoms. The average molecular weight is 327 g/mol. The number of benzene rings is 1. The highest BCUT2D eigenvalue weighted by Gasteiger charge is 2.33. The minimum absolute atomic E-state index is 0.0644. The van der Waals surface area contributed by atoms with E-state index in [0.717, 1.165) is 22.7 Å². The van der Waals surface area contributed by atoms with Gasteiger partial charge >= 0.3 is 0 Å². The van der Waals surface area contributed by atoms with Crippen LogP contribution in [0.5, 0.6) is 5.75 Å². The van der Waals surface area contributed by atoms with Crippen molar-refractivity contribution in [1.29, 1.82) is 0 Å². The smallest absolute Gasteiger partial charge is 0.247 e. The Kier molecular flexibility index (Phi) is 4.11. The molecular weight excluding hydrogens is 302 g/mol. The maximum atomic E-state index is 13.1. The molecule has 1 unspecified atom stereocenters. The van der Waals surface area contributed by atoms with Crippen molar-refractivity contribution in [2.75, 3.05) is 6.54 Å². The number of para-hydroxylation sites is 1. The summed E-state index contributed by atoms with van der Waals surface area (Å²) in [7, 11) is 0. The second-order valence-electron chi connectivity index (χ2n) is 7.21. The molecule has 0 radical (unpaired) electrons. The zero-order valence-corrected chi connectivity index (χ0v) is 15.0. The molecule has 5 nitrogen and oxygen atoms in total. The van der Waals surface area contributed by atoms with Crippen LogP contribution >= 0.6 is 0 Å². The van der Waals surface area contributed by atoms with E-state index < -0.39 is 5.60 Å². The molecule has 5 heteroatoms. The lowest BCUT2D eigenvalue weighted by atomic mass is 10.1. The second-order valence-corrected chi connectivity index (χ2v) is 7.21. The molecule has 2 heterocycles. The summed E-state index contributed by atoms with van der Waals surface area (Å²) in [6.07, 6.45) is 0. The number of aromatic nitrogens is 2. The van der Waals surface area contributed by atoms with Gasteiger partial charge in [0.1, 0.15) is 17.4 Å². The SMILES string of the molecule is Cc1cc(C)n(C(C)C(=O)N2Cc3ccccc3OC(C)(C)C2)n1. The van der Waals surface area contributed by atoms with Crippen molar-refractivity contribution in [1.82, 2.24) is 14.7 Å². The summed E-state index contributed by atoms with van der Waals surface area (Å²) < 4.78 is 7.93. The van der Waals surface area contributed by atoms with Crippen LogP contribution in [-0.2, 0) is 11.3 Å². The van der Waals surface area contributed by atoms with E-state index in [1.54, 1.807) is 0 Å². The molecule has 1 amide bonds. The van der Waals surface area contributed by atoms with Gasteiger partial charge in [0.25, 0.3) is 0 Å². The molecule has 0 saturated heterocycles. The van der Waals surface area contributed by atoms with Crippen LogP contribution in [0.1, 0.15) is 43.8 Å². The van der Waals surface area contributed by atoms with Crippen molar-refractivity contribution in [3.8, 4) is 5.75 Å². The molecule has 0 spiro atoms. The highest BCUT2D eigenvalue weighted by atomic mass is 16.5. The van der Waals surface area contributed by atoms with Crippen LogP contribution in [0.4, 0.5) is 0 Å². The van der Waals surface area contributed by atoms with E-state index in [9.17, 15) is 4.79 Å². The summed E-state index contributed by atoms with van der Waals surface area (Å²) in [6, 6.07) is 9.59. The highest BCUT2D eigenvalue weighted by molar-refractivity contribution is 5.80. The maximum absolute atomic E-state index is 13.1. The van der Waals surface area contributed by atoms with Gasteiger partial charge in [-0.15, -0.1) is 0 Å². The predicted octanol–water partition coefficient (Wildman–Crippen LogP) is 3.26. The zero-order valence-electron chi connectivity index (χ0n) is 15.0. The van der Waals surface area contributed by atoms with E-state index in [1.165, 1.54) is 0 Å². The largest absolute Gasteiger partial charge is 0.486 e. The van der Waals surface area contributed by atoms with Gasteiger partial charge in [-0.05, 0) is 46.8 Å². The van der Waals surface area contributed by atoms with Gasteiger partial charge in [-0.25, -0.2) is 0 Å². The fourth-order valence-corrected chi connectivity index (χ4v) is 3.35. The van der Waals surface area contributed by atoms with Gasteiger partial charge in [0, 0.05) is 17.8 Å². The number of aryl methyl sites for hydroxylation is 2. The van der Waals surface area contributed by atoms with Gasteiger partial charge < -0.3 is 9.64 Å². The lowest BCUT2D eigenvalue weighted by molar-refractivity contribution is -0.137. The Bertz CT molecular complexity index is 764. The summed E-state index contributed by atoms with van der Waals surface area (Å²) in [4.78, 5) is 15.0.